The molecule has 0 spiro atoms. The Balaban J connectivity index is 1.82. The largest absolute Gasteiger partial charge is 0.481 e. The Labute approximate surface area is 208 Å². The van der Waals surface area contributed by atoms with Gasteiger partial charge in [-0.05, 0) is 24.4 Å². The van der Waals surface area contributed by atoms with Gasteiger partial charge in [0.1, 0.15) is 24.1 Å². The lowest BCUT2D eigenvalue weighted by molar-refractivity contribution is -0.147. The number of piperazine rings is 1. The number of carbonyl (C=O) groups is 5. The molecule has 11 nitrogen and oxygen atoms in total. The van der Waals surface area contributed by atoms with Crippen LogP contribution in [0.5, 0.6) is 0 Å². The highest BCUT2D eigenvalue weighted by molar-refractivity contribution is 6.06. The number of pyridine rings is 1. The van der Waals surface area contributed by atoms with Gasteiger partial charge >= 0.3 is 5.97 Å². The molecule has 3 atom stereocenters. The van der Waals surface area contributed by atoms with Crippen molar-refractivity contribution in [2.24, 2.45) is 5.92 Å². The first-order chi connectivity index (χ1) is 17.1. The second-order valence-electron chi connectivity index (χ2n) is 9.23. The molecule has 2 heterocycles. The van der Waals surface area contributed by atoms with E-state index in [4.69, 9.17) is 5.11 Å². The van der Waals surface area contributed by atoms with Gasteiger partial charge in [0, 0.05) is 31.2 Å². The minimum absolute atomic E-state index is 0.194. The van der Waals surface area contributed by atoms with Gasteiger partial charge in [-0.2, -0.15) is 0 Å². The summed E-state index contributed by atoms with van der Waals surface area (Å²) in [6.07, 6.45) is 1.33. The van der Waals surface area contributed by atoms with E-state index in [1.165, 1.54) is 11.1 Å². The van der Waals surface area contributed by atoms with E-state index in [-0.39, 0.29) is 24.7 Å². The SMILES string of the molecule is CC(C)[C@H](NC(=O)c1nccc2ccccc12)C(=O)N1CCN(C)C[C@H]1C(=O)N[C@H](C=O)CC(=O)O. The number of likely N-dealkylation sites (N-methyl/N-ethyl adjacent to an activating group) is 1. The topological polar surface area (TPSA) is 149 Å². The molecule has 36 heavy (non-hydrogen) atoms. The fourth-order valence-electron chi connectivity index (χ4n) is 4.21. The molecule has 0 bridgehead atoms. The van der Waals surface area contributed by atoms with Crippen LogP contribution >= 0.6 is 0 Å². The Morgan fingerprint density at radius 2 is 1.86 bits per heavy atom. The average molecular weight is 498 g/mol. The molecule has 3 amide bonds. The van der Waals surface area contributed by atoms with E-state index in [9.17, 15) is 24.0 Å². The van der Waals surface area contributed by atoms with E-state index in [0.717, 1.165) is 5.39 Å². The van der Waals surface area contributed by atoms with Crippen LogP contribution in [0.1, 0.15) is 30.8 Å². The van der Waals surface area contributed by atoms with E-state index in [1.807, 2.05) is 17.0 Å². The number of aliphatic carboxylic acids is 1. The molecule has 0 radical (unpaired) electrons. The smallest absolute Gasteiger partial charge is 0.305 e. The summed E-state index contributed by atoms with van der Waals surface area (Å²) >= 11 is 0. The number of aldehydes is 1. The van der Waals surface area contributed by atoms with E-state index in [1.54, 1.807) is 39.1 Å². The van der Waals surface area contributed by atoms with Crippen molar-refractivity contribution in [1.82, 2.24) is 25.4 Å². The summed E-state index contributed by atoms with van der Waals surface area (Å²) in [6.45, 7) is 4.51. The number of aromatic nitrogens is 1. The molecule has 192 valence electrons. The van der Waals surface area contributed by atoms with Crippen LogP contribution in [0.2, 0.25) is 0 Å². The molecule has 11 heteroatoms. The predicted molar refractivity (Wildman–Crippen MR) is 131 cm³/mol. The minimum Gasteiger partial charge on any atom is -0.481 e. The second kappa shape index (κ2) is 11.7. The van der Waals surface area contributed by atoms with Crippen LogP contribution < -0.4 is 10.6 Å². The number of carboxylic acids is 1. The molecule has 2 aromatic rings. The number of nitrogens with zero attached hydrogens (tertiary/aromatic N) is 3. The zero-order valence-corrected chi connectivity index (χ0v) is 20.5. The Morgan fingerprint density at radius 3 is 2.53 bits per heavy atom. The van der Waals surface area contributed by atoms with Crippen LogP contribution in [0.15, 0.2) is 36.5 Å². The third-order valence-electron chi connectivity index (χ3n) is 6.16. The highest BCUT2D eigenvalue weighted by Crippen LogP contribution is 2.18. The monoisotopic (exact) mass is 497 g/mol. The predicted octanol–water partition coefficient (Wildman–Crippen LogP) is 0.290. The number of carboxylic acid groups (broad SMARTS) is 1. The maximum absolute atomic E-state index is 13.7. The van der Waals surface area contributed by atoms with Crippen LogP contribution in [0.25, 0.3) is 10.8 Å². The molecule has 1 saturated heterocycles. The van der Waals surface area contributed by atoms with Crippen molar-refractivity contribution < 1.29 is 29.1 Å². The first-order valence-electron chi connectivity index (χ1n) is 11.7. The maximum Gasteiger partial charge on any atom is 0.305 e. The van der Waals surface area contributed by atoms with Gasteiger partial charge in [0.05, 0.1) is 12.5 Å². The fraction of sp³-hybridized carbons (Fsp3) is 0.440. The van der Waals surface area contributed by atoms with Crippen molar-refractivity contribution in [2.45, 2.75) is 38.4 Å². The average Bonchev–Trinajstić information content (AvgIpc) is 2.85. The second-order valence-corrected chi connectivity index (χ2v) is 9.23. The van der Waals surface area contributed by atoms with Gasteiger partial charge in [-0.25, -0.2) is 0 Å². The first kappa shape index (κ1) is 26.7. The third kappa shape index (κ3) is 6.22. The lowest BCUT2D eigenvalue weighted by Crippen LogP contribution is -2.64. The highest BCUT2D eigenvalue weighted by atomic mass is 16.4. The van der Waals surface area contributed by atoms with Crippen molar-refractivity contribution in [1.29, 1.82) is 0 Å². The zero-order chi connectivity index (χ0) is 26.4. The molecule has 0 aliphatic carbocycles. The summed E-state index contributed by atoms with van der Waals surface area (Å²) in [5.74, 6) is -3.10. The summed E-state index contributed by atoms with van der Waals surface area (Å²) in [7, 11) is 1.80. The molecule has 0 saturated carbocycles. The number of fused-ring (bicyclic) bond motifs is 1. The summed E-state index contributed by atoms with van der Waals surface area (Å²) in [4.78, 5) is 69.6. The molecule has 1 aliphatic heterocycles. The summed E-state index contributed by atoms with van der Waals surface area (Å²) in [5.41, 5.74) is 0.196. The van der Waals surface area contributed by atoms with Crippen molar-refractivity contribution >= 4 is 40.7 Å². The van der Waals surface area contributed by atoms with Crippen LogP contribution in [-0.2, 0) is 19.2 Å². The number of rotatable bonds is 9. The molecule has 1 fully saturated rings. The fourth-order valence-corrected chi connectivity index (χ4v) is 4.21. The summed E-state index contributed by atoms with van der Waals surface area (Å²) < 4.78 is 0. The van der Waals surface area contributed by atoms with E-state index in [2.05, 4.69) is 15.6 Å². The van der Waals surface area contributed by atoms with Crippen molar-refractivity contribution in [2.75, 3.05) is 26.7 Å². The molecule has 3 N–H and O–H groups in total. The standard InChI is InChI=1S/C25H31N5O6/c1-15(2)21(28-24(35)22-18-7-5-4-6-16(18)8-9-26-22)25(36)30-11-10-29(3)13-19(30)23(34)27-17(14-31)12-20(32)33/h4-9,14-15,17,19,21H,10-13H2,1-3H3,(H,27,34)(H,28,35)(H,32,33)/t17-,19-,21-/m0/s1. The van der Waals surface area contributed by atoms with Gasteiger partial charge in [-0.15, -0.1) is 0 Å². The zero-order valence-electron chi connectivity index (χ0n) is 20.5. The Bertz CT molecular complexity index is 1150. The van der Waals surface area contributed by atoms with Gasteiger partial charge in [0.15, 0.2) is 0 Å². The van der Waals surface area contributed by atoms with Crippen molar-refractivity contribution in [3.63, 3.8) is 0 Å². The lowest BCUT2D eigenvalue weighted by atomic mass is 9.99. The van der Waals surface area contributed by atoms with E-state index in [0.29, 0.717) is 18.2 Å². The Kier molecular flexibility index (Phi) is 8.70. The summed E-state index contributed by atoms with van der Waals surface area (Å²) in [6, 6.07) is 6.00. The molecule has 1 aromatic carbocycles. The van der Waals surface area contributed by atoms with E-state index < -0.39 is 48.2 Å². The minimum atomic E-state index is -1.23. The third-order valence-corrected chi connectivity index (χ3v) is 6.16. The van der Waals surface area contributed by atoms with E-state index >= 15 is 0 Å². The lowest BCUT2D eigenvalue weighted by Gasteiger charge is -2.41. The number of amides is 3. The normalized spacial score (nSPS) is 17.9. The van der Waals surface area contributed by atoms with Crippen LogP contribution in [0.3, 0.4) is 0 Å². The molecule has 3 rings (SSSR count). The molecule has 1 aliphatic rings. The molecular formula is C25H31N5O6. The van der Waals surface area contributed by atoms with Crippen LogP contribution in [0.4, 0.5) is 0 Å². The Morgan fingerprint density at radius 1 is 1.14 bits per heavy atom. The number of benzene rings is 1. The van der Waals surface area contributed by atoms with Gasteiger partial charge in [0.2, 0.25) is 11.8 Å². The van der Waals surface area contributed by atoms with Gasteiger partial charge in [-0.1, -0.05) is 38.1 Å². The highest BCUT2D eigenvalue weighted by Gasteiger charge is 2.39. The van der Waals surface area contributed by atoms with Crippen LogP contribution in [-0.4, -0.2) is 94.7 Å². The number of hydrogen-bond donors (Lipinski definition) is 3. The molecule has 0 unspecified atom stereocenters. The van der Waals surface area contributed by atoms with Gasteiger partial charge < -0.3 is 30.3 Å². The van der Waals surface area contributed by atoms with Gasteiger partial charge in [-0.3, -0.25) is 24.2 Å². The summed E-state index contributed by atoms with van der Waals surface area (Å²) in [5, 5.41) is 15.7. The number of hydrogen-bond acceptors (Lipinski definition) is 7. The molecular weight excluding hydrogens is 466 g/mol. The quantitative estimate of drug-likeness (QED) is 0.419. The maximum atomic E-state index is 13.7. The Hall–Kier alpha value is -3.86. The number of nitrogens with one attached hydrogen (secondary N) is 2. The van der Waals surface area contributed by atoms with Crippen LogP contribution in [0, 0.1) is 5.92 Å². The first-order valence-corrected chi connectivity index (χ1v) is 11.7. The number of carbonyl (C=O) groups excluding carboxylic acids is 4. The van der Waals surface area contributed by atoms with Crippen molar-refractivity contribution in [3.05, 3.63) is 42.2 Å². The van der Waals surface area contributed by atoms with Gasteiger partial charge in [0.25, 0.3) is 5.91 Å². The van der Waals surface area contributed by atoms with Crippen molar-refractivity contribution in [3.8, 4) is 0 Å². The molecule has 1 aromatic heterocycles.